The molecule has 35 heteroatoms. The molecule has 0 unspecified atom stereocenters. The molecule has 0 aliphatic rings. The Morgan fingerprint density at radius 1 is 0.224 bits per heavy atom. The first-order valence-electron chi connectivity index (χ1n) is 38.6. The van der Waals surface area contributed by atoms with E-state index in [1.165, 1.54) is 27.7 Å². The van der Waals surface area contributed by atoms with E-state index in [1.807, 2.05) is 27.7 Å². The number of carbonyl (C=O) groups excluding carboxylic acids is 13. The van der Waals surface area contributed by atoms with Crippen LogP contribution in [0.5, 0.6) is 0 Å². The maximum atomic E-state index is 14.5. The van der Waals surface area contributed by atoms with E-state index in [2.05, 4.69) is 69.1 Å². The first-order valence-corrected chi connectivity index (χ1v) is 38.6. The molecular formula is C72H138N20O15. The second kappa shape index (κ2) is 55.7. The van der Waals surface area contributed by atoms with Crippen molar-refractivity contribution in [2.75, 3.05) is 39.3 Å². The summed E-state index contributed by atoms with van der Waals surface area (Å²) < 4.78 is 0. The third kappa shape index (κ3) is 42.6. The number of carbonyl (C=O) groups is 14. The number of unbranched alkanes of at least 4 members (excludes halogenated alkanes) is 6. The van der Waals surface area contributed by atoms with Gasteiger partial charge in [-0.3, -0.25) is 62.3 Å². The minimum Gasteiger partial charge on any atom is -0.480 e. The number of amides is 13. The van der Waals surface area contributed by atoms with Crippen LogP contribution in [0.2, 0.25) is 0 Å². The summed E-state index contributed by atoms with van der Waals surface area (Å²) in [6, 6.07) is -17.0. The predicted octanol–water partition coefficient (Wildman–Crippen LogP) is -2.26. The van der Waals surface area contributed by atoms with Crippen LogP contribution in [-0.4, -0.2) is 212 Å². The van der Waals surface area contributed by atoms with E-state index >= 15 is 0 Å². The highest BCUT2D eigenvalue weighted by Crippen LogP contribution is 2.15. The van der Waals surface area contributed by atoms with Gasteiger partial charge in [0.1, 0.15) is 78.5 Å². The summed E-state index contributed by atoms with van der Waals surface area (Å²) in [4.78, 5) is 193. The van der Waals surface area contributed by atoms with E-state index < -0.39 is 167 Å². The lowest BCUT2D eigenvalue weighted by Crippen LogP contribution is -2.60. The summed E-state index contributed by atoms with van der Waals surface area (Å²) in [5.74, 6) is -11.5. The summed E-state index contributed by atoms with van der Waals surface area (Å²) in [6.07, 6.45) is 6.72. The van der Waals surface area contributed by atoms with Crippen molar-refractivity contribution in [2.24, 2.45) is 63.8 Å². The Kier molecular flexibility index (Phi) is 51.7. The first-order chi connectivity index (χ1) is 50.4. The number of rotatable bonds is 59. The Balaban J connectivity index is 6.68. The minimum absolute atomic E-state index is 0.0347. The smallest absolute Gasteiger partial charge is 0.326 e. The number of carboxylic acids is 1. The molecule has 0 aromatic rings. The second-order valence-electron chi connectivity index (χ2n) is 29.6. The SMILES string of the molecule is CC(C)C[C@@H](NC(=O)[C@H](N)CCCCN)C(=O)N[C@H](C)C(=O)N[C@H](CCCCN)C(=O)N[C@H](CC(C)C)C(=O)N[C@H](C)C(=O)N[C@H](CCCCN)C(=O)N[C@H](CCCCN)C(=O)N[C@H](CC(C)C)C(=O)N[C@H](C)C(=O)N[C@H](CCCCN)C(=O)N[C@H](CC(C)C)C(=O)N[C@H](C)C(=O)N[C@H](CCCCN)C(=O)O. The summed E-state index contributed by atoms with van der Waals surface area (Å²) in [5, 5.41) is 44.3. The standard InChI is InChI=1S/C72H138N20O15/c1-41(2)37-55(89-63(97)49(79)25-13-19-31-73)68(102)80-45(9)60(94)85-51(27-15-21-33-75)65(99)90-56(38-42(3)4)69(103)81-46(10)59(93)84-50(26-14-20-32-74)64(98)87-53(29-17-23-35-77)67(101)92-58(40-44(7)8)70(104)82-47(11)61(95)86-52(28-16-22-34-76)66(100)91-57(39-43(5)6)71(105)83-48(12)62(96)88-54(72(106)107)30-18-24-36-78/h41-58H,13-40,73-79H2,1-12H3,(H,80,102)(H,81,103)(H,82,104)(H,83,105)(H,84,93)(H,85,94)(H,86,95)(H,87,98)(H,88,96)(H,89,97)(H,90,99)(H,91,100)(H,92,101)(H,106,107)/t45-,46-,47-,48-,49-,50-,51-,52-,53-,54-,55-,56-,57-,58-/m1/s1. The van der Waals surface area contributed by atoms with Gasteiger partial charge in [0.05, 0.1) is 6.04 Å². The van der Waals surface area contributed by atoms with Crippen molar-refractivity contribution in [1.29, 1.82) is 0 Å². The van der Waals surface area contributed by atoms with Crippen molar-refractivity contribution in [2.45, 2.75) is 309 Å². The zero-order chi connectivity index (χ0) is 81.5. The topological polar surface area (TPSA) is 598 Å². The molecule has 0 aliphatic heterocycles. The number of hydrogen-bond acceptors (Lipinski definition) is 21. The fraction of sp³-hybridized carbons (Fsp3) is 0.806. The normalized spacial score (nSPS) is 15.4. The highest BCUT2D eigenvalue weighted by atomic mass is 16.4. The zero-order valence-electron chi connectivity index (χ0n) is 65.9. The van der Waals surface area contributed by atoms with Crippen molar-refractivity contribution < 1.29 is 72.2 Å². The summed E-state index contributed by atoms with van der Waals surface area (Å²) in [7, 11) is 0. The van der Waals surface area contributed by atoms with Gasteiger partial charge in [0, 0.05) is 0 Å². The number of aliphatic carboxylic acids is 1. The van der Waals surface area contributed by atoms with Crippen molar-refractivity contribution in [3.8, 4) is 0 Å². The summed E-state index contributed by atoms with van der Waals surface area (Å²) in [5.41, 5.74) is 40.5. The van der Waals surface area contributed by atoms with Gasteiger partial charge in [-0.15, -0.1) is 0 Å². The molecule has 28 N–H and O–H groups in total. The maximum absolute atomic E-state index is 14.5. The van der Waals surface area contributed by atoms with Gasteiger partial charge in [0.15, 0.2) is 0 Å². The molecule has 0 spiro atoms. The molecule has 0 aliphatic carbocycles. The molecule has 35 nitrogen and oxygen atoms in total. The highest BCUT2D eigenvalue weighted by molar-refractivity contribution is 6.00. The van der Waals surface area contributed by atoms with Gasteiger partial charge < -0.3 is 114 Å². The lowest BCUT2D eigenvalue weighted by atomic mass is 10.0. The molecule has 0 saturated heterocycles. The largest absolute Gasteiger partial charge is 0.480 e. The molecule has 0 heterocycles. The van der Waals surface area contributed by atoms with E-state index in [0.717, 1.165) is 0 Å². The lowest BCUT2D eigenvalue weighted by Gasteiger charge is -2.28. The average Bonchev–Trinajstić information content (AvgIpc) is 0.859. The Morgan fingerprint density at radius 2 is 0.393 bits per heavy atom. The van der Waals surface area contributed by atoms with Crippen LogP contribution in [0.1, 0.15) is 224 Å². The summed E-state index contributed by atoms with van der Waals surface area (Å²) >= 11 is 0. The Hall–Kier alpha value is -7.70. The van der Waals surface area contributed by atoms with Gasteiger partial charge in [-0.2, -0.15) is 0 Å². The minimum atomic E-state index is -1.32. The van der Waals surface area contributed by atoms with E-state index in [9.17, 15) is 72.2 Å². The molecule has 0 aromatic heterocycles. The van der Waals surface area contributed by atoms with Crippen molar-refractivity contribution >= 4 is 82.8 Å². The van der Waals surface area contributed by atoms with Gasteiger partial charge in [-0.1, -0.05) is 61.8 Å². The average molecular weight is 1520 g/mol. The van der Waals surface area contributed by atoms with Crippen LogP contribution in [0.25, 0.3) is 0 Å². The van der Waals surface area contributed by atoms with Gasteiger partial charge in [0.25, 0.3) is 0 Å². The third-order valence-corrected chi connectivity index (χ3v) is 17.6. The van der Waals surface area contributed by atoms with Crippen molar-refractivity contribution in [3.63, 3.8) is 0 Å². The molecule has 0 rings (SSSR count). The van der Waals surface area contributed by atoms with Crippen LogP contribution in [0.4, 0.5) is 0 Å². The molecule has 14 atom stereocenters. The predicted molar refractivity (Wildman–Crippen MR) is 409 cm³/mol. The van der Waals surface area contributed by atoms with E-state index in [0.29, 0.717) is 96.6 Å². The number of carboxylic acid groups (broad SMARTS) is 1. The van der Waals surface area contributed by atoms with Gasteiger partial charge in [0.2, 0.25) is 76.8 Å². The molecule has 0 radical (unpaired) electrons. The van der Waals surface area contributed by atoms with Gasteiger partial charge >= 0.3 is 5.97 Å². The van der Waals surface area contributed by atoms with Crippen LogP contribution in [0, 0.1) is 23.7 Å². The molecule has 107 heavy (non-hydrogen) atoms. The fourth-order valence-corrected chi connectivity index (χ4v) is 11.3. The fourth-order valence-electron chi connectivity index (χ4n) is 11.3. The molecule has 13 amide bonds. The number of nitrogens with two attached hydrogens (primary N) is 7. The quantitative estimate of drug-likeness (QED) is 0.0286. The van der Waals surface area contributed by atoms with Crippen molar-refractivity contribution in [3.05, 3.63) is 0 Å². The molecule has 0 bridgehead atoms. The monoisotopic (exact) mass is 1520 g/mol. The first kappa shape index (κ1) is 99.3. The molecule has 0 saturated carbocycles. The van der Waals surface area contributed by atoms with Gasteiger partial charge in [-0.05, 0) is 225 Å². The van der Waals surface area contributed by atoms with Crippen LogP contribution in [0.15, 0.2) is 0 Å². The number of hydrogen-bond donors (Lipinski definition) is 21. The maximum Gasteiger partial charge on any atom is 0.326 e. The molecular weight excluding hydrogens is 1380 g/mol. The zero-order valence-corrected chi connectivity index (χ0v) is 65.9. The molecule has 0 aromatic carbocycles. The third-order valence-electron chi connectivity index (χ3n) is 17.6. The van der Waals surface area contributed by atoms with Crippen LogP contribution in [-0.2, 0) is 67.1 Å². The lowest BCUT2D eigenvalue weighted by molar-refractivity contribution is -0.142. The van der Waals surface area contributed by atoms with Gasteiger partial charge in [-0.25, -0.2) is 4.79 Å². The number of nitrogens with one attached hydrogen (secondary N) is 13. The highest BCUT2D eigenvalue weighted by Gasteiger charge is 2.37. The van der Waals surface area contributed by atoms with E-state index in [-0.39, 0.29) is 108 Å². The Morgan fingerprint density at radius 3 is 0.598 bits per heavy atom. The second-order valence-corrected chi connectivity index (χ2v) is 29.6. The van der Waals surface area contributed by atoms with E-state index in [4.69, 9.17) is 40.1 Å². The van der Waals surface area contributed by atoms with Crippen molar-refractivity contribution in [1.82, 2.24) is 69.1 Å². The molecule has 616 valence electrons. The Labute approximate surface area is 633 Å². The van der Waals surface area contributed by atoms with Crippen LogP contribution in [0.3, 0.4) is 0 Å². The Bertz CT molecular complexity index is 2750. The summed E-state index contributed by atoms with van der Waals surface area (Å²) in [6.45, 7) is 21.9. The van der Waals surface area contributed by atoms with E-state index in [1.54, 1.807) is 27.7 Å². The van der Waals surface area contributed by atoms with Crippen LogP contribution < -0.4 is 109 Å². The molecule has 0 fully saturated rings. The van der Waals surface area contributed by atoms with Crippen LogP contribution >= 0.6 is 0 Å².